The highest BCUT2D eigenvalue weighted by molar-refractivity contribution is 8.00. The van der Waals surface area contributed by atoms with Crippen LogP contribution in [0.3, 0.4) is 0 Å². The predicted octanol–water partition coefficient (Wildman–Crippen LogP) is 3.69. The van der Waals surface area contributed by atoms with Crippen LogP contribution in [0.1, 0.15) is 18.1 Å². The van der Waals surface area contributed by atoms with Crippen LogP contribution in [-0.2, 0) is 17.9 Å². The quantitative estimate of drug-likeness (QED) is 0.378. The number of rotatable bonds is 7. The molecule has 1 heterocycles. The molecular formula is C22H23N3O2S. The largest absolute Gasteiger partial charge is 0.351 e. The lowest BCUT2D eigenvalue weighted by Gasteiger charge is -2.15. The van der Waals surface area contributed by atoms with E-state index in [4.69, 9.17) is 0 Å². The number of aryl methyl sites for hydroxylation is 1. The van der Waals surface area contributed by atoms with Gasteiger partial charge in [-0.1, -0.05) is 59.8 Å². The maximum Gasteiger partial charge on any atom is 0.262 e. The Morgan fingerprint density at radius 3 is 2.68 bits per heavy atom. The summed E-state index contributed by atoms with van der Waals surface area (Å²) in [6.07, 6.45) is 1.66. The molecule has 0 aliphatic carbocycles. The van der Waals surface area contributed by atoms with E-state index in [-0.39, 0.29) is 11.5 Å². The van der Waals surface area contributed by atoms with Crippen LogP contribution < -0.4 is 10.9 Å². The Morgan fingerprint density at radius 2 is 1.96 bits per heavy atom. The number of para-hydroxylation sites is 1. The third-order valence-corrected chi connectivity index (χ3v) is 5.47. The maximum absolute atomic E-state index is 12.8. The van der Waals surface area contributed by atoms with E-state index in [0.29, 0.717) is 29.1 Å². The summed E-state index contributed by atoms with van der Waals surface area (Å²) in [6, 6.07) is 15.3. The Bertz CT molecular complexity index is 1060. The molecule has 1 amide bonds. The molecule has 0 fully saturated rings. The van der Waals surface area contributed by atoms with Gasteiger partial charge in [-0.05, 0) is 31.5 Å². The summed E-state index contributed by atoms with van der Waals surface area (Å²) in [5.74, 6) is -0.0989. The fraction of sp³-hybridized carbons (Fsp3) is 0.227. The number of nitrogens with zero attached hydrogens (tertiary/aromatic N) is 2. The van der Waals surface area contributed by atoms with E-state index in [9.17, 15) is 9.59 Å². The van der Waals surface area contributed by atoms with Crippen LogP contribution in [0.4, 0.5) is 0 Å². The highest BCUT2D eigenvalue weighted by Crippen LogP contribution is 2.22. The molecule has 0 spiro atoms. The minimum Gasteiger partial charge on any atom is -0.351 e. The summed E-state index contributed by atoms with van der Waals surface area (Å²) in [7, 11) is 0. The minimum absolute atomic E-state index is 0.0989. The fourth-order valence-electron chi connectivity index (χ4n) is 2.78. The molecular weight excluding hydrogens is 370 g/mol. The average molecular weight is 394 g/mol. The van der Waals surface area contributed by atoms with Crippen LogP contribution in [0.5, 0.6) is 0 Å². The smallest absolute Gasteiger partial charge is 0.262 e. The molecule has 6 heteroatoms. The van der Waals surface area contributed by atoms with Gasteiger partial charge in [0.05, 0.1) is 16.2 Å². The molecule has 0 aliphatic rings. The van der Waals surface area contributed by atoms with E-state index in [2.05, 4.69) is 16.9 Å². The van der Waals surface area contributed by atoms with Crippen molar-refractivity contribution >= 4 is 28.6 Å². The predicted molar refractivity (Wildman–Crippen MR) is 115 cm³/mol. The molecule has 0 saturated heterocycles. The summed E-state index contributed by atoms with van der Waals surface area (Å²) in [5.41, 5.74) is 2.73. The molecule has 1 N–H and O–H groups in total. The molecule has 0 radical (unpaired) electrons. The van der Waals surface area contributed by atoms with Crippen LogP contribution in [0, 0.1) is 6.92 Å². The summed E-state index contributed by atoms with van der Waals surface area (Å²) < 4.78 is 1.56. The van der Waals surface area contributed by atoms with Crippen molar-refractivity contribution < 1.29 is 4.79 Å². The van der Waals surface area contributed by atoms with Crippen molar-refractivity contribution in [3.05, 3.63) is 82.7 Å². The number of thioether (sulfide) groups is 1. The molecule has 0 saturated carbocycles. The van der Waals surface area contributed by atoms with Crippen molar-refractivity contribution in [2.45, 2.75) is 37.3 Å². The second-order valence-corrected chi connectivity index (χ2v) is 7.89. The zero-order valence-electron chi connectivity index (χ0n) is 16.0. The Labute approximate surface area is 168 Å². The molecule has 3 rings (SSSR count). The lowest BCUT2D eigenvalue weighted by molar-refractivity contribution is -0.120. The van der Waals surface area contributed by atoms with Crippen molar-refractivity contribution in [2.75, 3.05) is 0 Å². The monoisotopic (exact) mass is 393 g/mol. The van der Waals surface area contributed by atoms with E-state index in [1.807, 2.05) is 50.2 Å². The first-order chi connectivity index (χ1) is 13.5. The Balaban J connectivity index is 1.77. The van der Waals surface area contributed by atoms with Gasteiger partial charge in [-0.3, -0.25) is 14.2 Å². The summed E-state index contributed by atoms with van der Waals surface area (Å²) in [6.45, 7) is 8.38. The van der Waals surface area contributed by atoms with Crippen LogP contribution in [0.25, 0.3) is 10.9 Å². The van der Waals surface area contributed by atoms with Crippen LogP contribution in [0.2, 0.25) is 0 Å². The zero-order valence-corrected chi connectivity index (χ0v) is 16.8. The molecule has 1 aromatic heterocycles. The van der Waals surface area contributed by atoms with Gasteiger partial charge in [0.2, 0.25) is 5.91 Å². The van der Waals surface area contributed by atoms with Gasteiger partial charge in [-0.25, -0.2) is 4.98 Å². The minimum atomic E-state index is -0.394. The number of carbonyl (C=O) groups is 1. The lowest BCUT2D eigenvalue weighted by Crippen LogP contribution is -2.31. The number of fused-ring (bicyclic) bond motifs is 1. The van der Waals surface area contributed by atoms with Gasteiger partial charge in [0.1, 0.15) is 0 Å². The molecule has 28 heavy (non-hydrogen) atoms. The highest BCUT2D eigenvalue weighted by atomic mass is 32.2. The SMILES string of the molecule is C=CCn1c(S[C@H](C)C(=O)NCc2ccc(C)cc2)nc2ccccc2c1=O. The molecule has 2 aromatic carbocycles. The fourth-order valence-corrected chi connectivity index (χ4v) is 3.72. The van der Waals surface area contributed by atoms with E-state index in [1.54, 1.807) is 22.8 Å². The van der Waals surface area contributed by atoms with Gasteiger partial charge in [0, 0.05) is 13.1 Å². The number of aromatic nitrogens is 2. The first kappa shape index (κ1) is 19.9. The number of amides is 1. The Morgan fingerprint density at radius 1 is 1.25 bits per heavy atom. The molecule has 3 aromatic rings. The van der Waals surface area contributed by atoms with Crippen molar-refractivity contribution in [3.63, 3.8) is 0 Å². The van der Waals surface area contributed by atoms with Crippen LogP contribution in [-0.4, -0.2) is 20.7 Å². The van der Waals surface area contributed by atoms with E-state index in [0.717, 1.165) is 5.56 Å². The standard InChI is InChI=1S/C22H23N3O2S/c1-4-13-25-21(27)18-7-5-6-8-19(18)24-22(25)28-16(3)20(26)23-14-17-11-9-15(2)10-12-17/h4-12,16H,1,13-14H2,2-3H3,(H,23,26)/t16-/m1/s1. The van der Waals surface area contributed by atoms with Gasteiger partial charge < -0.3 is 5.32 Å². The number of hydrogen-bond acceptors (Lipinski definition) is 4. The van der Waals surface area contributed by atoms with Gasteiger partial charge in [0.15, 0.2) is 5.16 Å². The van der Waals surface area contributed by atoms with Crippen LogP contribution >= 0.6 is 11.8 Å². The zero-order chi connectivity index (χ0) is 20.1. The first-order valence-electron chi connectivity index (χ1n) is 9.10. The van der Waals surface area contributed by atoms with Crippen molar-refractivity contribution in [3.8, 4) is 0 Å². The molecule has 5 nitrogen and oxygen atoms in total. The topological polar surface area (TPSA) is 64.0 Å². The molecule has 1 atom stereocenters. The van der Waals surface area contributed by atoms with Gasteiger partial charge in [-0.2, -0.15) is 0 Å². The summed E-state index contributed by atoms with van der Waals surface area (Å²) in [4.78, 5) is 29.9. The number of carbonyl (C=O) groups excluding carboxylic acids is 1. The van der Waals surface area contributed by atoms with Crippen molar-refractivity contribution in [2.24, 2.45) is 0 Å². The van der Waals surface area contributed by atoms with Crippen LogP contribution in [0.15, 0.2) is 71.1 Å². The van der Waals surface area contributed by atoms with E-state index in [1.165, 1.54) is 17.3 Å². The van der Waals surface area contributed by atoms with E-state index < -0.39 is 5.25 Å². The van der Waals surface area contributed by atoms with Crippen molar-refractivity contribution in [1.29, 1.82) is 0 Å². The third kappa shape index (κ3) is 4.51. The molecule has 0 bridgehead atoms. The number of allylic oxidation sites excluding steroid dienone is 1. The normalized spacial score (nSPS) is 11.9. The van der Waals surface area contributed by atoms with Gasteiger partial charge in [-0.15, -0.1) is 6.58 Å². The molecule has 144 valence electrons. The van der Waals surface area contributed by atoms with Gasteiger partial charge in [0.25, 0.3) is 5.56 Å². The molecule has 0 aliphatic heterocycles. The summed E-state index contributed by atoms with van der Waals surface area (Å²) >= 11 is 1.28. The molecule has 0 unspecified atom stereocenters. The number of nitrogens with one attached hydrogen (secondary N) is 1. The Hall–Kier alpha value is -2.86. The van der Waals surface area contributed by atoms with E-state index >= 15 is 0 Å². The number of hydrogen-bond donors (Lipinski definition) is 1. The maximum atomic E-state index is 12.8. The lowest BCUT2D eigenvalue weighted by atomic mass is 10.1. The first-order valence-corrected chi connectivity index (χ1v) is 9.98. The number of benzene rings is 2. The van der Waals surface area contributed by atoms with Crippen molar-refractivity contribution in [1.82, 2.24) is 14.9 Å². The summed E-state index contributed by atoms with van der Waals surface area (Å²) in [5, 5.41) is 3.63. The highest BCUT2D eigenvalue weighted by Gasteiger charge is 2.19. The van der Waals surface area contributed by atoms with Gasteiger partial charge >= 0.3 is 0 Å². The third-order valence-electron chi connectivity index (χ3n) is 4.38. The average Bonchev–Trinajstić information content (AvgIpc) is 2.70. The second-order valence-electron chi connectivity index (χ2n) is 6.58. The second kappa shape index (κ2) is 8.89. The Kier molecular flexibility index (Phi) is 6.31.